The van der Waals surface area contributed by atoms with Crippen molar-refractivity contribution in [3.63, 3.8) is 0 Å². The van der Waals surface area contributed by atoms with Crippen LogP contribution in [0.5, 0.6) is 0 Å². The van der Waals surface area contributed by atoms with Crippen molar-refractivity contribution in [3.05, 3.63) is 47.8 Å². The first-order valence-corrected chi connectivity index (χ1v) is 8.73. The van der Waals surface area contributed by atoms with Gasteiger partial charge in [0.05, 0.1) is 11.4 Å². The molecule has 1 aliphatic rings. The molecule has 0 radical (unpaired) electrons. The fraction of sp³-hybridized carbons (Fsp3) is 0.474. The average molecular weight is 326 g/mol. The molecule has 0 bridgehead atoms. The number of nitrogens with zero attached hydrogens (tertiary/aromatic N) is 3. The van der Waals surface area contributed by atoms with E-state index < -0.39 is 0 Å². The lowest BCUT2D eigenvalue weighted by Gasteiger charge is -2.32. The number of aromatic nitrogens is 2. The second-order valence-electron chi connectivity index (χ2n) is 6.77. The molecule has 0 aliphatic carbocycles. The number of amides is 1. The molecule has 1 fully saturated rings. The van der Waals surface area contributed by atoms with E-state index in [1.165, 1.54) is 18.4 Å². The van der Waals surface area contributed by atoms with Gasteiger partial charge in [0, 0.05) is 31.3 Å². The van der Waals surface area contributed by atoms with Crippen molar-refractivity contribution in [1.82, 2.24) is 14.7 Å². The van der Waals surface area contributed by atoms with E-state index in [1.807, 2.05) is 22.9 Å². The van der Waals surface area contributed by atoms with Crippen LogP contribution < -0.4 is 5.73 Å². The van der Waals surface area contributed by atoms with Gasteiger partial charge in [-0.15, -0.1) is 0 Å². The number of likely N-dealkylation sites (tertiary alicyclic amines) is 1. The molecule has 1 aliphatic heterocycles. The molecular formula is C19H26N4O. The first kappa shape index (κ1) is 16.7. The summed E-state index contributed by atoms with van der Waals surface area (Å²) in [6.07, 6.45) is 5.94. The van der Waals surface area contributed by atoms with Crippen LogP contribution in [-0.2, 0) is 11.3 Å². The molecule has 0 saturated carbocycles. The number of para-hydroxylation sites is 1. The third-order valence-electron chi connectivity index (χ3n) is 4.82. The number of aryl methyl sites for hydroxylation is 1. The molecule has 0 spiro atoms. The second-order valence-corrected chi connectivity index (χ2v) is 6.77. The van der Waals surface area contributed by atoms with Crippen LogP contribution in [0, 0.1) is 12.8 Å². The summed E-state index contributed by atoms with van der Waals surface area (Å²) in [5.74, 6) is 0.392. The van der Waals surface area contributed by atoms with Crippen molar-refractivity contribution in [2.45, 2.75) is 39.2 Å². The minimum Gasteiger partial charge on any atom is -0.370 e. The standard InChI is InChI=1S/C19H26N4O/c1-15-17(14-23(21-15)18-7-3-2-4-8-18)13-22-11-5-6-16(12-22)9-10-19(20)24/h2-4,7-8,14,16H,5-6,9-13H2,1H3,(H2,20,24)/t16-/m1/s1. The third-order valence-corrected chi connectivity index (χ3v) is 4.82. The quantitative estimate of drug-likeness (QED) is 0.887. The summed E-state index contributed by atoms with van der Waals surface area (Å²) in [7, 11) is 0. The van der Waals surface area contributed by atoms with E-state index in [1.54, 1.807) is 0 Å². The number of hydrogen-bond acceptors (Lipinski definition) is 3. The van der Waals surface area contributed by atoms with Gasteiger partial charge >= 0.3 is 0 Å². The monoisotopic (exact) mass is 326 g/mol. The predicted octanol–water partition coefficient (Wildman–Crippen LogP) is 2.66. The van der Waals surface area contributed by atoms with Gasteiger partial charge in [-0.2, -0.15) is 5.10 Å². The summed E-state index contributed by atoms with van der Waals surface area (Å²) in [5, 5.41) is 4.65. The van der Waals surface area contributed by atoms with E-state index in [9.17, 15) is 4.79 Å². The van der Waals surface area contributed by atoms with Gasteiger partial charge in [0.15, 0.2) is 0 Å². The van der Waals surface area contributed by atoms with E-state index in [4.69, 9.17) is 5.73 Å². The number of carbonyl (C=O) groups excluding carboxylic acids is 1. The first-order chi connectivity index (χ1) is 11.6. The van der Waals surface area contributed by atoms with Crippen LogP contribution in [0.2, 0.25) is 0 Å². The van der Waals surface area contributed by atoms with Crippen LogP contribution in [0.4, 0.5) is 0 Å². The Morgan fingerprint density at radius 1 is 1.33 bits per heavy atom. The lowest BCUT2D eigenvalue weighted by atomic mass is 9.93. The largest absolute Gasteiger partial charge is 0.370 e. The van der Waals surface area contributed by atoms with E-state index in [0.717, 1.165) is 37.4 Å². The van der Waals surface area contributed by atoms with Gasteiger partial charge in [-0.25, -0.2) is 4.68 Å². The molecule has 2 aromatic rings. The molecule has 1 aromatic carbocycles. The van der Waals surface area contributed by atoms with E-state index >= 15 is 0 Å². The minimum atomic E-state index is -0.188. The maximum atomic E-state index is 11.0. The average Bonchev–Trinajstić information content (AvgIpc) is 2.95. The number of nitrogens with two attached hydrogens (primary N) is 1. The molecule has 1 aromatic heterocycles. The first-order valence-electron chi connectivity index (χ1n) is 8.73. The van der Waals surface area contributed by atoms with E-state index in [-0.39, 0.29) is 5.91 Å². The van der Waals surface area contributed by atoms with Crippen LogP contribution in [0.15, 0.2) is 36.5 Å². The molecule has 1 saturated heterocycles. The zero-order valence-corrected chi connectivity index (χ0v) is 14.3. The number of carbonyl (C=O) groups is 1. The number of primary amides is 1. The van der Waals surface area contributed by atoms with Crippen LogP contribution in [0.1, 0.15) is 36.9 Å². The highest BCUT2D eigenvalue weighted by molar-refractivity contribution is 5.73. The lowest BCUT2D eigenvalue weighted by molar-refractivity contribution is -0.118. The summed E-state index contributed by atoms with van der Waals surface area (Å²) in [4.78, 5) is 13.5. The molecule has 1 amide bonds. The minimum absolute atomic E-state index is 0.188. The van der Waals surface area contributed by atoms with Gasteiger partial charge in [-0.3, -0.25) is 9.69 Å². The van der Waals surface area contributed by atoms with E-state index in [2.05, 4.69) is 35.3 Å². The second kappa shape index (κ2) is 7.62. The van der Waals surface area contributed by atoms with Crippen LogP contribution in [0.25, 0.3) is 5.69 Å². The Hall–Kier alpha value is -2.14. The molecule has 128 valence electrons. The molecule has 5 heteroatoms. The summed E-state index contributed by atoms with van der Waals surface area (Å²) in [6.45, 7) is 5.15. The molecular weight excluding hydrogens is 300 g/mol. The molecule has 3 rings (SSSR count). The molecule has 2 N–H and O–H groups in total. The van der Waals surface area contributed by atoms with Crippen molar-refractivity contribution in [3.8, 4) is 5.69 Å². The van der Waals surface area contributed by atoms with Gasteiger partial charge in [0.1, 0.15) is 0 Å². The lowest BCUT2D eigenvalue weighted by Crippen LogP contribution is -2.35. The van der Waals surface area contributed by atoms with Gasteiger partial charge in [-0.1, -0.05) is 18.2 Å². The Bertz CT molecular complexity index is 680. The van der Waals surface area contributed by atoms with Gasteiger partial charge in [0.25, 0.3) is 0 Å². The molecule has 1 atom stereocenters. The molecule has 5 nitrogen and oxygen atoms in total. The Labute approximate surface area is 143 Å². The summed E-state index contributed by atoms with van der Waals surface area (Å²) < 4.78 is 1.96. The molecule has 24 heavy (non-hydrogen) atoms. The third kappa shape index (κ3) is 4.23. The fourth-order valence-corrected chi connectivity index (χ4v) is 3.48. The van der Waals surface area contributed by atoms with Gasteiger partial charge in [0.2, 0.25) is 5.91 Å². The summed E-state index contributed by atoms with van der Waals surface area (Å²) >= 11 is 0. The van der Waals surface area contributed by atoms with Crippen molar-refractivity contribution in [2.75, 3.05) is 13.1 Å². The van der Waals surface area contributed by atoms with Gasteiger partial charge < -0.3 is 5.73 Å². The normalized spacial score (nSPS) is 18.6. The maximum Gasteiger partial charge on any atom is 0.217 e. The molecule has 0 unspecified atom stereocenters. The summed E-state index contributed by atoms with van der Waals surface area (Å²) in [5.41, 5.74) is 8.72. The highest BCUT2D eigenvalue weighted by Crippen LogP contribution is 2.23. The Balaban J connectivity index is 1.63. The summed E-state index contributed by atoms with van der Waals surface area (Å²) in [6, 6.07) is 10.2. The molecule has 2 heterocycles. The van der Waals surface area contributed by atoms with Crippen LogP contribution in [-0.4, -0.2) is 33.7 Å². The number of piperidine rings is 1. The Kier molecular flexibility index (Phi) is 5.30. The number of benzene rings is 1. The topological polar surface area (TPSA) is 64.2 Å². The highest BCUT2D eigenvalue weighted by Gasteiger charge is 2.21. The van der Waals surface area contributed by atoms with Crippen LogP contribution in [0.3, 0.4) is 0 Å². The zero-order chi connectivity index (χ0) is 16.9. The number of hydrogen-bond donors (Lipinski definition) is 1. The maximum absolute atomic E-state index is 11.0. The smallest absolute Gasteiger partial charge is 0.217 e. The Morgan fingerprint density at radius 2 is 2.12 bits per heavy atom. The zero-order valence-electron chi connectivity index (χ0n) is 14.3. The van der Waals surface area contributed by atoms with Gasteiger partial charge in [-0.05, 0) is 50.8 Å². The number of rotatable bonds is 6. The van der Waals surface area contributed by atoms with E-state index in [0.29, 0.717) is 12.3 Å². The predicted molar refractivity (Wildman–Crippen MR) is 94.7 cm³/mol. The van der Waals surface area contributed by atoms with Crippen molar-refractivity contribution in [1.29, 1.82) is 0 Å². The Morgan fingerprint density at radius 3 is 2.88 bits per heavy atom. The SMILES string of the molecule is Cc1nn(-c2ccccc2)cc1CN1CCC[C@H](CCC(N)=O)C1. The van der Waals surface area contributed by atoms with Crippen LogP contribution >= 0.6 is 0 Å². The highest BCUT2D eigenvalue weighted by atomic mass is 16.1. The van der Waals surface area contributed by atoms with Crippen molar-refractivity contribution >= 4 is 5.91 Å². The van der Waals surface area contributed by atoms with Crippen molar-refractivity contribution < 1.29 is 4.79 Å². The van der Waals surface area contributed by atoms with Crippen molar-refractivity contribution in [2.24, 2.45) is 11.7 Å². The fourth-order valence-electron chi connectivity index (χ4n) is 3.48.